The summed E-state index contributed by atoms with van der Waals surface area (Å²) in [5, 5.41) is 3.96. The first-order chi connectivity index (χ1) is 13.3. The lowest BCUT2D eigenvalue weighted by Crippen LogP contribution is -2.16. The van der Waals surface area contributed by atoms with Crippen LogP contribution in [0.3, 0.4) is 0 Å². The molecule has 0 unspecified atom stereocenters. The van der Waals surface area contributed by atoms with Crippen molar-refractivity contribution in [1.82, 2.24) is 9.72 Å². The van der Waals surface area contributed by atoms with Gasteiger partial charge >= 0.3 is 5.97 Å². The fourth-order valence-corrected chi connectivity index (χ4v) is 2.93. The van der Waals surface area contributed by atoms with Crippen LogP contribution in [0.5, 0.6) is 5.75 Å². The van der Waals surface area contributed by atoms with Crippen molar-refractivity contribution < 1.29 is 28.0 Å². The average Bonchev–Trinajstić information content (AvgIpc) is 3.21. The number of Topliss-reactive ketones (excluding diaryl/α,β-unsaturated/α-hetero) is 1. The number of ether oxygens (including phenoxy) is 2. The van der Waals surface area contributed by atoms with E-state index in [0.29, 0.717) is 22.8 Å². The number of hydrogen-bond donors (Lipinski definition) is 0. The second kappa shape index (κ2) is 7.67. The third kappa shape index (κ3) is 3.66. The van der Waals surface area contributed by atoms with Crippen LogP contribution in [-0.4, -0.2) is 35.2 Å². The maximum atomic E-state index is 14.0. The Morgan fingerprint density at radius 3 is 2.50 bits per heavy atom. The Balaban J connectivity index is 1.74. The summed E-state index contributed by atoms with van der Waals surface area (Å²) in [6.07, 6.45) is 0. The average molecular weight is 386 g/mol. The summed E-state index contributed by atoms with van der Waals surface area (Å²) in [6.45, 7) is 4.85. The summed E-state index contributed by atoms with van der Waals surface area (Å²) in [7, 11) is 1.39. The van der Waals surface area contributed by atoms with E-state index < -0.39 is 24.2 Å². The Bertz CT molecular complexity index is 1050. The van der Waals surface area contributed by atoms with Gasteiger partial charge in [0.2, 0.25) is 5.78 Å². The number of aryl methyl sites for hydroxylation is 2. The SMILES string of the molecule is COc1ccc(C(=O)OCC(=O)c2cc(C)n(-c3cc(C)on3)c2C)c(F)c1. The quantitative estimate of drug-likeness (QED) is 0.476. The van der Waals surface area contributed by atoms with Crippen LogP contribution >= 0.6 is 0 Å². The number of methoxy groups -OCH3 is 1. The third-order valence-electron chi connectivity index (χ3n) is 4.31. The van der Waals surface area contributed by atoms with Gasteiger partial charge in [-0.2, -0.15) is 0 Å². The molecule has 2 aromatic heterocycles. The van der Waals surface area contributed by atoms with E-state index in [1.807, 2.05) is 6.92 Å². The molecule has 0 aliphatic rings. The molecular formula is C20H19FN2O5. The molecule has 2 heterocycles. The van der Waals surface area contributed by atoms with Crippen LogP contribution < -0.4 is 4.74 Å². The summed E-state index contributed by atoms with van der Waals surface area (Å²) >= 11 is 0. The predicted octanol–water partition coefficient (Wildman–Crippen LogP) is 3.58. The van der Waals surface area contributed by atoms with Crippen LogP contribution in [0.2, 0.25) is 0 Å². The highest BCUT2D eigenvalue weighted by Crippen LogP contribution is 2.22. The van der Waals surface area contributed by atoms with Gasteiger partial charge in [-0.25, -0.2) is 9.18 Å². The van der Waals surface area contributed by atoms with E-state index in [9.17, 15) is 14.0 Å². The lowest BCUT2D eigenvalue weighted by Gasteiger charge is -2.07. The summed E-state index contributed by atoms with van der Waals surface area (Å²) in [6, 6.07) is 7.20. The van der Waals surface area contributed by atoms with Gasteiger partial charge in [0.25, 0.3) is 0 Å². The number of benzene rings is 1. The minimum absolute atomic E-state index is 0.267. The van der Waals surface area contributed by atoms with Crippen molar-refractivity contribution in [3.05, 3.63) is 64.4 Å². The van der Waals surface area contributed by atoms with Crippen molar-refractivity contribution in [3.63, 3.8) is 0 Å². The molecule has 0 amide bonds. The van der Waals surface area contributed by atoms with Crippen LogP contribution in [0.15, 0.2) is 34.9 Å². The molecule has 0 radical (unpaired) electrons. The van der Waals surface area contributed by atoms with E-state index >= 15 is 0 Å². The standard InChI is InChI=1S/C20H19FN2O5/c1-11-7-16(13(3)23(11)19-8-12(2)28-22-19)18(24)10-27-20(25)15-6-5-14(26-4)9-17(15)21/h5-9H,10H2,1-4H3. The first kappa shape index (κ1) is 19.3. The molecule has 28 heavy (non-hydrogen) atoms. The first-order valence-corrected chi connectivity index (χ1v) is 8.48. The molecule has 0 saturated heterocycles. The van der Waals surface area contributed by atoms with E-state index in [2.05, 4.69) is 5.16 Å². The van der Waals surface area contributed by atoms with Gasteiger partial charge in [-0.15, -0.1) is 0 Å². The van der Waals surface area contributed by atoms with Gasteiger partial charge in [-0.05, 0) is 39.0 Å². The van der Waals surface area contributed by atoms with Crippen molar-refractivity contribution in [3.8, 4) is 11.6 Å². The molecule has 8 heteroatoms. The number of ketones is 1. The minimum atomic E-state index is -0.922. The van der Waals surface area contributed by atoms with Crippen LogP contribution in [0.1, 0.15) is 37.9 Å². The van der Waals surface area contributed by atoms with Gasteiger partial charge in [0.15, 0.2) is 12.4 Å². The Hall–Kier alpha value is -3.42. The van der Waals surface area contributed by atoms with E-state index in [4.69, 9.17) is 14.0 Å². The summed E-state index contributed by atoms with van der Waals surface area (Å²) in [5.41, 5.74) is 1.54. The van der Waals surface area contributed by atoms with Crippen LogP contribution in [0.4, 0.5) is 4.39 Å². The maximum Gasteiger partial charge on any atom is 0.341 e. The number of carbonyl (C=O) groups is 2. The Kier molecular flexibility index (Phi) is 5.30. The molecule has 1 aromatic carbocycles. The molecule has 0 spiro atoms. The normalized spacial score (nSPS) is 10.8. The number of esters is 1. The molecule has 0 N–H and O–H groups in total. The maximum absolute atomic E-state index is 14.0. The largest absolute Gasteiger partial charge is 0.497 e. The second-order valence-corrected chi connectivity index (χ2v) is 6.26. The van der Waals surface area contributed by atoms with Crippen LogP contribution in [0.25, 0.3) is 5.82 Å². The summed E-state index contributed by atoms with van der Waals surface area (Å²) in [5.74, 6) is -0.622. The fraction of sp³-hybridized carbons (Fsp3) is 0.250. The van der Waals surface area contributed by atoms with Gasteiger partial charge in [0, 0.05) is 29.1 Å². The first-order valence-electron chi connectivity index (χ1n) is 8.48. The van der Waals surface area contributed by atoms with Crippen molar-refractivity contribution in [2.45, 2.75) is 20.8 Å². The zero-order valence-electron chi connectivity index (χ0n) is 15.9. The van der Waals surface area contributed by atoms with Gasteiger partial charge in [0.1, 0.15) is 17.3 Å². The van der Waals surface area contributed by atoms with Crippen molar-refractivity contribution in [1.29, 1.82) is 0 Å². The topological polar surface area (TPSA) is 83.6 Å². The molecular weight excluding hydrogens is 367 g/mol. The molecule has 0 aliphatic carbocycles. The van der Waals surface area contributed by atoms with Crippen LogP contribution in [-0.2, 0) is 4.74 Å². The van der Waals surface area contributed by atoms with E-state index in [0.717, 1.165) is 11.8 Å². The second-order valence-electron chi connectivity index (χ2n) is 6.26. The molecule has 146 valence electrons. The lowest BCUT2D eigenvalue weighted by atomic mass is 10.1. The highest BCUT2D eigenvalue weighted by Gasteiger charge is 2.21. The Morgan fingerprint density at radius 1 is 1.14 bits per heavy atom. The monoisotopic (exact) mass is 386 g/mol. The molecule has 0 aliphatic heterocycles. The minimum Gasteiger partial charge on any atom is -0.497 e. The molecule has 0 atom stereocenters. The fourth-order valence-electron chi connectivity index (χ4n) is 2.93. The molecule has 3 rings (SSSR count). The lowest BCUT2D eigenvalue weighted by molar-refractivity contribution is 0.0470. The van der Waals surface area contributed by atoms with Gasteiger partial charge in [-0.1, -0.05) is 5.16 Å². The van der Waals surface area contributed by atoms with Crippen LogP contribution in [0, 0.1) is 26.6 Å². The summed E-state index contributed by atoms with van der Waals surface area (Å²) in [4.78, 5) is 24.6. The van der Waals surface area contributed by atoms with Crippen molar-refractivity contribution >= 4 is 11.8 Å². The Morgan fingerprint density at radius 2 is 1.89 bits per heavy atom. The number of aromatic nitrogens is 2. The van der Waals surface area contributed by atoms with Gasteiger partial charge in [-0.3, -0.25) is 9.36 Å². The van der Waals surface area contributed by atoms with E-state index in [1.165, 1.54) is 19.2 Å². The zero-order chi connectivity index (χ0) is 20.4. The number of nitrogens with zero attached hydrogens (tertiary/aromatic N) is 2. The predicted molar refractivity (Wildman–Crippen MR) is 97.6 cm³/mol. The zero-order valence-corrected chi connectivity index (χ0v) is 15.9. The molecule has 3 aromatic rings. The van der Waals surface area contributed by atoms with Gasteiger partial charge < -0.3 is 14.0 Å². The highest BCUT2D eigenvalue weighted by molar-refractivity contribution is 6.00. The number of carbonyl (C=O) groups excluding carboxylic acids is 2. The molecule has 0 fully saturated rings. The molecule has 0 bridgehead atoms. The van der Waals surface area contributed by atoms with Crippen molar-refractivity contribution in [2.24, 2.45) is 0 Å². The molecule has 7 nitrogen and oxygen atoms in total. The number of rotatable bonds is 6. The van der Waals surface area contributed by atoms with E-state index in [1.54, 1.807) is 30.5 Å². The number of halogens is 1. The van der Waals surface area contributed by atoms with Gasteiger partial charge in [0.05, 0.1) is 12.7 Å². The van der Waals surface area contributed by atoms with E-state index in [-0.39, 0.29) is 11.3 Å². The third-order valence-corrected chi connectivity index (χ3v) is 4.31. The molecule has 0 saturated carbocycles. The smallest absolute Gasteiger partial charge is 0.341 e. The van der Waals surface area contributed by atoms with Crippen molar-refractivity contribution in [2.75, 3.05) is 13.7 Å². The Labute approximate surface area is 160 Å². The highest BCUT2D eigenvalue weighted by atomic mass is 19.1. The number of hydrogen-bond acceptors (Lipinski definition) is 6. The summed E-state index contributed by atoms with van der Waals surface area (Å²) < 4.78 is 30.7.